The van der Waals surface area contributed by atoms with Crippen molar-refractivity contribution in [2.75, 3.05) is 6.61 Å². The van der Waals surface area contributed by atoms with Gasteiger partial charge in [-0.15, -0.1) is 12.4 Å². The molecule has 0 spiro atoms. The lowest BCUT2D eigenvalue weighted by molar-refractivity contribution is 0.125. The van der Waals surface area contributed by atoms with Gasteiger partial charge < -0.3 is 19.9 Å². The Morgan fingerprint density at radius 2 is 1.64 bits per heavy atom. The number of aryl methyl sites for hydroxylation is 2. The maximum Gasteiger partial charge on any atom is 0.127 e. The molecule has 1 unspecified atom stereocenters. The molecule has 0 fully saturated rings. The molecule has 2 aromatic carbocycles. The largest absolute Gasteiger partial charge is 0.457 e. The minimum Gasteiger partial charge on any atom is -0.457 e. The second kappa shape index (κ2) is 10.9. The van der Waals surface area contributed by atoms with Crippen molar-refractivity contribution in [1.82, 2.24) is 9.97 Å². The molecule has 0 aliphatic heterocycles. The zero-order valence-corrected chi connectivity index (χ0v) is 16.8. The Morgan fingerprint density at radius 1 is 1.00 bits per heavy atom. The average Bonchev–Trinajstić information content (AvgIpc) is 3.18. The molecule has 0 aliphatic carbocycles. The van der Waals surface area contributed by atoms with Crippen LogP contribution in [0.2, 0.25) is 0 Å². The van der Waals surface area contributed by atoms with Gasteiger partial charge in [0.25, 0.3) is 0 Å². The van der Waals surface area contributed by atoms with Crippen LogP contribution in [-0.4, -0.2) is 32.9 Å². The van der Waals surface area contributed by atoms with Crippen molar-refractivity contribution in [2.45, 2.75) is 38.7 Å². The van der Waals surface area contributed by atoms with Gasteiger partial charge in [0.1, 0.15) is 17.3 Å². The van der Waals surface area contributed by atoms with Gasteiger partial charge in [-0.1, -0.05) is 19.1 Å². The number of nitrogens with one attached hydrogen (secondary N) is 1. The van der Waals surface area contributed by atoms with Crippen LogP contribution in [0.5, 0.6) is 11.5 Å². The second-order valence-corrected chi connectivity index (χ2v) is 6.57. The van der Waals surface area contributed by atoms with Gasteiger partial charge in [0.05, 0.1) is 18.0 Å². The van der Waals surface area contributed by atoms with E-state index in [1.807, 2.05) is 54.7 Å². The number of aliphatic hydroxyl groups excluding tert-OH is 2. The molecule has 0 amide bonds. The lowest BCUT2D eigenvalue weighted by Gasteiger charge is -2.10. The van der Waals surface area contributed by atoms with Crippen molar-refractivity contribution in [3.8, 4) is 22.8 Å². The number of ether oxygens (including phenoxy) is 1. The zero-order chi connectivity index (χ0) is 19.1. The molecule has 0 aliphatic rings. The highest BCUT2D eigenvalue weighted by atomic mass is 35.5. The number of halogens is 1. The number of nitrogens with zero attached hydrogens (tertiary/aromatic N) is 1. The van der Waals surface area contributed by atoms with Crippen LogP contribution in [0.4, 0.5) is 0 Å². The molecular formula is C22H27ClN2O3. The molecule has 0 saturated carbocycles. The third-order valence-electron chi connectivity index (χ3n) is 4.52. The monoisotopic (exact) mass is 402 g/mol. The molecule has 1 heterocycles. The van der Waals surface area contributed by atoms with Gasteiger partial charge in [-0.05, 0) is 66.8 Å². The van der Waals surface area contributed by atoms with Gasteiger partial charge in [0, 0.05) is 13.0 Å². The smallest absolute Gasteiger partial charge is 0.127 e. The molecule has 3 N–H and O–H groups in total. The van der Waals surface area contributed by atoms with E-state index in [4.69, 9.17) is 9.84 Å². The van der Waals surface area contributed by atoms with Crippen molar-refractivity contribution in [3.63, 3.8) is 0 Å². The van der Waals surface area contributed by atoms with E-state index in [0.29, 0.717) is 12.8 Å². The fraction of sp³-hybridized carbons (Fsp3) is 0.318. The molecule has 1 atom stereocenters. The Labute approximate surface area is 171 Å². The average molecular weight is 403 g/mol. The van der Waals surface area contributed by atoms with Crippen molar-refractivity contribution in [3.05, 3.63) is 66.1 Å². The topological polar surface area (TPSA) is 78.4 Å². The summed E-state index contributed by atoms with van der Waals surface area (Å²) in [5, 5.41) is 18.5. The number of hydrogen-bond donors (Lipinski definition) is 3. The van der Waals surface area contributed by atoms with Crippen molar-refractivity contribution in [2.24, 2.45) is 0 Å². The number of aromatic amines is 1. The van der Waals surface area contributed by atoms with Gasteiger partial charge in [0.15, 0.2) is 0 Å². The van der Waals surface area contributed by atoms with Crippen LogP contribution in [0, 0.1) is 0 Å². The standard InChI is InChI=1S/C22H26N2O3.ClH/c1-2-22-23-15-21(24-22)17-6-11-20(12-7-17)27-19-9-4-16(5-10-19)3-8-18(26)13-14-25;/h4-7,9-12,15,18,25-26H,2-3,8,13-14H2,1H3,(H,23,24);1H. The molecule has 3 aromatic rings. The lowest BCUT2D eigenvalue weighted by atomic mass is 10.1. The van der Waals surface area contributed by atoms with E-state index in [-0.39, 0.29) is 19.0 Å². The van der Waals surface area contributed by atoms with Crippen LogP contribution >= 0.6 is 12.4 Å². The van der Waals surface area contributed by atoms with Gasteiger partial charge in [-0.2, -0.15) is 0 Å². The Bertz CT molecular complexity index is 832. The number of aromatic nitrogens is 2. The summed E-state index contributed by atoms with van der Waals surface area (Å²) in [5.41, 5.74) is 3.22. The lowest BCUT2D eigenvalue weighted by Crippen LogP contribution is -2.09. The fourth-order valence-electron chi connectivity index (χ4n) is 2.88. The molecule has 0 saturated heterocycles. The van der Waals surface area contributed by atoms with E-state index in [1.54, 1.807) is 0 Å². The molecule has 3 rings (SSSR count). The van der Waals surface area contributed by atoms with Crippen LogP contribution in [0.25, 0.3) is 11.3 Å². The molecule has 150 valence electrons. The summed E-state index contributed by atoms with van der Waals surface area (Å²) in [5.74, 6) is 2.53. The van der Waals surface area contributed by atoms with E-state index in [2.05, 4.69) is 16.9 Å². The third kappa shape index (κ3) is 6.09. The van der Waals surface area contributed by atoms with Crippen molar-refractivity contribution >= 4 is 12.4 Å². The van der Waals surface area contributed by atoms with E-state index in [0.717, 1.165) is 47.0 Å². The number of rotatable bonds is 9. The number of H-pyrrole nitrogens is 1. The fourth-order valence-corrected chi connectivity index (χ4v) is 2.88. The predicted octanol–water partition coefficient (Wildman–Crippen LogP) is 4.53. The first kappa shape index (κ1) is 22.0. The second-order valence-electron chi connectivity index (χ2n) is 6.57. The van der Waals surface area contributed by atoms with Crippen LogP contribution in [0.15, 0.2) is 54.7 Å². The summed E-state index contributed by atoms with van der Waals surface area (Å²) in [4.78, 5) is 7.63. The number of benzene rings is 2. The van der Waals surface area contributed by atoms with Gasteiger partial charge in [0.2, 0.25) is 0 Å². The summed E-state index contributed by atoms with van der Waals surface area (Å²) in [6.45, 7) is 2.09. The maximum absolute atomic E-state index is 9.69. The highest BCUT2D eigenvalue weighted by molar-refractivity contribution is 5.85. The summed E-state index contributed by atoms with van der Waals surface area (Å²) < 4.78 is 5.91. The summed E-state index contributed by atoms with van der Waals surface area (Å²) in [7, 11) is 0. The first-order valence-corrected chi connectivity index (χ1v) is 9.38. The van der Waals surface area contributed by atoms with Crippen molar-refractivity contribution in [1.29, 1.82) is 0 Å². The Balaban J connectivity index is 0.00000280. The molecule has 0 bridgehead atoms. The van der Waals surface area contributed by atoms with Crippen LogP contribution in [0.3, 0.4) is 0 Å². The minimum atomic E-state index is -0.451. The summed E-state index contributed by atoms with van der Waals surface area (Å²) in [6.07, 6.45) is 4.14. The SMILES string of the molecule is CCc1ncc(-c2ccc(Oc3ccc(CCC(O)CCO)cc3)cc2)[nH]1.Cl. The minimum absolute atomic E-state index is 0. The van der Waals surface area contributed by atoms with Crippen LogP contribution in [0.1, 0.15) is 31.2 Å². The van der Waals surface area contributed by atoms with Gasteiger partial charge in [-0.3, -0.25) is 0 Å². The Kier molecular flexibility index (Phi) is 8.51. The Morgan fingerprint density at radius 3 is 2.21 bits per heavy atom. The summed E-state index contributed by atoms with van der Waals surface area (Å²) >= 11 is 0. The van der Waals surface area contributed by atoms with E-state index in [9.17, 15) is 5.11 Å². The normalized spacial score (nSPS) is 11.7. The highest BCUT2D eigenvalue weighted by Gasteiger charge is 2.05. The van der Waals surface area contributed by atoms with Gasteiger partial charge in [-0.25, -0.2) is 4.98 Å². The molecular weight excluding hydrogens is 376 g/mol. The zero-order valence-electron chi connectivity index (χ0n) is 16.0. The number of aliphatic hydroxyl groups is 2. The van der Waals surface area contributed by atoms with Gasteiger partial charge >= 0.3 is 0 Å². The molecule has 1 aromatic heterocycles. The first-order valence-electron chi connectivity index (χ1n) is 9.38. The molecule has 28 heavy (non-hydrogen) atoms. The number of imidazole rings is 1. The van der Waals surface area contributed by atoms with Crippen LogP contribution in [-0.2, 0) is 12.8 Å². The van der Waals surface area contributed by atoms with Crippen molar-refractivity contribution < 1.29 is 14.9 Å². The van der Waals surface area contributed by atoms with E-state index in [1.165, 1.54) is 0 Å². The van der Waals surface area contributed by atoms with E-state index < -0.39 is 6.10 Å². The predicted molar refractivity (Wildman–Crippen MR) is 113 cm³/mol. The number of hydrogen-bond acceptors (Lipinski definition) is 4. The molecule has 5 nitrogen and oxygen atoms in total. The third-order valence-corrected chi connectivity index (χ3v) is 4.52. The molecule has 6 heteroatoms. The molecule has 0 radical (unpaired) electrons. The quantitative estimate of drug-likeness (QED) is 0.491. The van der Waals surface area contributed by atoms with E-state index >= 15 is 0 Å². The van der Waals surface area contributed by atoms with Crippen LogP contribution < -0.4 is 4.74 Å². The highest BCUT2D eigenvalue weighted by Crippen LogP contribution is 2.25. The summed E-state index contributed by atoms with van der Waals surface area (Å²) in [6, 6.07) is 15.8. The Hall–Kier alpha value is -2.34. The maximum atomic E-state index is 9.69. The first-order chi connectivity index (χ1) is 13.2.